The van der Waals surface area contributed by atoms with Gasteiger partial charge in [0.15, 0.2) is 0 Å². The zero-order valence-corrected chi connectivity index (χ0v) is 15.2. The van der Waals surface area contributed by atoms with Gasteiger partial charge in [0, 0.05) is 0 Å². The van der Waals surface area contributed by atoms with E-state index in [1.54, 1.807) is 0 Å². The first-order valence-corrected chi connectivity index (χ1v) is 10.2. The largest absolute Gasteiger partial charge is 0.376 e. The van der Waals surface area contributed by atoms with Crippen LogP contribution in [0.15, 0.2) is 0 Å². The molecule has 2 N–H and O–H groups in total. The molecule has 0 aromatic carbocycles. The third-order valence-corrected chi connectivity index (χ3v) is 5.17. The average molecular weight is 312 g/mol. The summed E-state index contributed by atoms with van der Waals surface area (Å²) in [4.78, 5) is 0. The molecule has 1 rings (SSSR count). The Bertz CT molecular complexity index is 236. The van der Waals surface area contributed by atoms with E-state index < -0.39 is 5.72 Å². The molecular formula is C20H41NO. The molecule has 0 bridgehead atoms. The van der Waals surface area contributed by atoms with Crippen molar-refractivity contribution in [1.82, 2.24) is 5.32 Å². The van der Waals surface area contributed by atoms with E-state index in [2.05, 4.69) is 12.2 Å². The standard InChI is InChI=1S/C20H41NO/c1-2-3-4-5-6-7-8-9-10-11-12-16-19-21-20(22)17-14-13-15-18-20/h21-22H,2-19H2,1H3. The maximum Gasteiger partial charge on any atom is 0.116 e. The van der Waals surface area contributed by atoms with Crippen LogP contribution in [0.3, 0.4) is 0 Å². The van der Waals surface area contributed by atoms with Gasteiger partial charge in [-0.15, -0.1) is 0 Å². The molecular weight excluding hydrogens is 270 g/mol. The van der Waals surface area contributed by atoms with E-state index in [0.29, 0.717) is 0 Å². The molecule has 0 atom stereocenters. The zero-order chi connectivity index (χ0) is 15.9. The Morgan fingerprint density at radius 2 is 1.14 bits per heavy atom. The van der Waals surface area contributed by atoms with Gasteiger partial charge in [-0.3, -0.25) is 5.32 Å². The molecule has 0 saturated heterocycles. The maximum absolute atomic E-state index is 10.3. The van der Waals surface area contributed by atoms with E-state index in [-0.39, 0.29) is 0 Å². The van der Waals surface area contributed by atoms with Crippen LogP contribution in [-0.4, -0.2) is 17.4 Å². The van der Waals surface area contributed by atoms with Crippen molar-refractivity contribution in [2.75, 3.05) is 6.54 Å². The number of nitrogens with one attached hydrogen (secondary N) is 1. The van der Waals surface area contributed by atoms with Gasteiger partial charge >= 0.3 is 0 Å². The average Bonchev–Trinajstić information content (AvgIpc) is 2.52. The predicted molar refractivity (Wildman–Crippen MR) is 97.1 cm³/mol. The van der Waals surface area contributed by atoms with Crippen LogP contribution in [0.1, 0.15) is 116 Å². The highest BCUT2D eigenvalue weighted by molar-refractivity contribution is 4.79. The van der Waals surface area contributed by atoms with E-state index in [1.165, 1.54) is 96.3 Å². The van der Waals surface area contributed by atoms with Crippen molar-refractivity contribution >= 4 is 0 Å². The Balaban J connectivity index is 1.76. The second-order valence-electron chi connectivity index (χ2n) is 7.41. The highest BCUT2D eigenvalue weighted by atomic mass is 16.3. The topological polar surface area (TPSA) is 32.3 Å². The first-order chi connectivity index (χ1) is 10.8. The van der Waals surface area contributed by atoms with Gasteiger partial charge in [0.05, 0.1) is 0 Å². The van der Waals surface area contributed by atoms with Crippen LogP contribution >= 0.6 is 0 Å². The summed E-state index contributed by atoms with van der Waals surface area (Å²) in [5, 5.41) is 13.7. The lowest BCUT2D eigenvalue weighted by atomic mass is 9.91. The normalized spacial score (nSPS) is 17.7. The van der Waals surface area contributed by atoms with Crippen molar-refractivity contribution in [3.63, 3.8) is 0 Å². The smallest absolute Gasteiger partial charge is 0.116 e. The van der Waals surface area contributed by atoms with Gasteiger partial charge in [-0.25, -0.2) is 0 Å². The van der Waals surface area contributed by atoms with Crippen LogP contribution in [0.5, 0.6) is 0 Å². The molecule has 0 radical (unpaired) electrons. The summed E-state index contributed by atoms with van der Waals surface area (Å²) in [7, 11) is 0. The Labute approximate surface area is 139 Å². The molecule has 1 fully saturated rings. The van der Waals surface area contributed by atoms with Crippen molar-refractivity contribution in [2.45, 2.75) is 122 Å². The van der Waals surface area contributed by atoms with Crippen molar-refractivity contribution in [2.24, 2.45) is 0 Å². The summed E-state index contributed by atoms with van der Waals surface area (Å²) in [6, 6.07) is 0. The Hall–Kier alpha value is -0.0800. The molecule has 132 valence electrons. The van der Waals surface area contributed by atoms with Crippen molar-refractivity contribution < 1.29 is 5.11 Å². The fourth-order valence-corrected chi connectivity index (χ4v) is 3.60. The Kier molecular flexibility index (Phi) is 12.1. The summed E-state index contributed by atoms with van der Waals surface area (Å²) in [6.07, 6.45) is 22.3. The predicted octanol–water partition coefficient (Wildman–Crippen LogP) is 5.93. The molecule has 0 aromatic heterocycles. The third-order valence-electron chi connectivity index (χ3n) is 5.17. The molecule has 1 aliphatic rings. The lowest BCUT2D eigenvalue weighted by Crippen LogP contribution is -2.46. The fourth-order valence-electron chi connectivity index (χ4n) is 3.60. The second-order valence-corrected chi connectivity index (χ2v) is 7.41. The van der Waals surface area contributed by atoms with Gasteiger partial charge in [0.2, 0.25) is 0 Å². The highest BCUT2D eigenvalue weighted by Gasteiger charge is 2.27. The molecule has 0 heterocycles. The number of unbranched alkanes of at least 4 members (excludes halogenated alkanes) is 11. The molecule has 22 heavy (non-hydrogen) atoms. The molecule has 0 spiro atoms. The Morgan fingerprint density at radius 3 is 1.64 bits per heavy atom. The molecule has 0 aliphatic heterocycles. The summed E-state index contributed by atoms with van der Waals surface area (Å²) < 4.78 is 0. The second kappa shape index (κ2) is 13.4. The summed E-state index contributed by atoms with van der Waals surface area (Å²) in [5.74, 6) is 0. The van der Waals surface area contributed by atoms with E-state index in [4.69, 9.17) is 0 Å². The van der Waals surface area contributed by atoms with E-state index in [9.17, 15) is 5.11 Å². The van der Waals surface area contributed by atoms with Gasteiger partial charge in [0.1, 0.15) is 5.72 Å². The summed E-state index contributed by atoms with van der Waals surface area (Å²) in [6.45, 7) is 3.28. The lowest BCUT2D eigenvalue weighted by Gasteiger charge is -2.33. The van der Waals surface area contributed by atoms with Crippen LogP contribution in [0, 0.1) is 0 Å². The molecule has 1 aliphatic carbocycles. The molecule has 2 nitrogen and oxygen atoms in total. The van der Waals surface area contributed by atoms with Gasteiger partial charge in [-0.1, -0.05) is 84.0 Å². The Morgan fingerprint density at radius 1 is 0.682 bits per heavy atom. The van der Waals surface area contributed by atoms with Crippen molar-refractivity contribution in [3.8, 4) is 0 Å². The SMILES string of the molecule is CCCCCCCCCCCCCCNC1(O)CCCCC1. The van der Waals surface area contributed by atoms with E-state index in [0.717, 1.165) is 19.4 Å². The molecule has 0 aromatic rings. The molecule has 0 amide bonds. The molecule has 0 unspecified atom stereocenters. The maximum atomic E-state index is 10.3. The lowest BCUT2D eigenvalue weighted by molar-refractivity contribution is -0.0278. The number of aliphatic hydroxyl groups is 1. The monoisotopic (exact) mass is 311 g/mol. The summed E-state index contributed by atoms with van der Waals surface area (Å²) >= 11 is 0. The number of hydrogen-bond donors (Lipinski definition) is 2. The van der Waals surface area contributed by atoms with Crippen LogP contribution in [0.25, 0.3) is 0 Å². The molecule has 1 saturated carbocycles. The van der Waals surface area contributed by atoms with Gasteiger partial charge < -0.3 is 5.11 Å². The van der Waals surface area contributed by atoms with Crippen LogP contribution in [-0.2, 0) is 0 Å². The minimum Gasteiger partial charge on any atom is -0.376 e. The van der Waals surface area contributed by atoms with E-state index >= 15 is 0 Å². The van der Waals surface area contributed by atoms with Crippen LogP contribution in [0.2, 0.25) is 0 Å². The summed E-state index contributed by atoms with van der Waals surface area (Å²) in [5.41, 5.74) is -0.532. The number of hydrogen-bond acceptors (Lipinski definition) is 2. The van der Waals surface area contributed by atoms with Crippen molar-refractivity contribution in [3.05, 3.63) is 0 Å². The van der Waals surface area contributed by atoms with E-state index in [1.807, 2.05) is 0 Å². The first-order valence-electron chi connectivity index (χ1n) is 10.2. The van der Waals surface area contributed by atoms with Gasteiger partial charge in [-0.2, -0.15) is 0 Å². The molecule has 2 heteroatoms. The zero-order valence-electron chi connectivity index (χ0n) is 15.2. The van der Waals surface area contributed by atoms with Gasteiger partial charge in [0.25, 0.3) is 0 Å². The minimum atomic E-state index is -0.532. The minimum absolute atomic E-state index is 0.532. The van der Waals surface area contributed by atoms with Crippen LogP contribution < -0.4 is 5.32 Å². The highest BCUT2D eigenvalue weighted by Crippen LogP contribution is 2.25. The number of rotatable bonds is 14. The van der Waals surface area contributed by atoms with Gasteiger partial charge in [-0.05, 0) is 38.6 Å². The fraction of sp³-hybridized carbons (Fsp3) is 1.00. The third kappa shape index (κ3) is 10.6. The van der Waals surface area contributed by atoms with Crippen molar-refractivity contribution in [1.29, 1.82) is 0 Å². The van der Waals surface area contributed by atoms with Crippen LogP contribution in [0.4, 0.5) is 0 Å². The quantitative estimate of drug-likeness (QED) is 0.308. The first kappa shape index (κ1) is 20.0.